The van der Waals surface area contributed by atoms with Crippen molar-refractivity contribution < 1.29 is 0 Å². The molecule has 1 heterocycles. The number of hydrogen-bond acceptors (Lipinski definition) is 3. The molecule has 4 nitrogen and oxygen atoms in total. The Balaban J connectivity index is 0.00000288. The Bertz CT molecular complexity index is 681. The maximum Gasteiger partial charge on any atom is 0.192 e. The van der Waals surface area contributed by atoms with Crippen LogP contribution in [0.5, 0.6) is 0 Å². The fourth-order valence-electron chi connectivity index (χ4n) is 2.55. The number of nitrogens with one attached hydrogen (secondary N) is 2. The SMILES string of the molecule is CCNC(=NCc1sc(C)nc1C)NC(C)c1ccccc1C.I. The molecule has 2 N–H and O–H groups in total. The van der Waals surface area contributed by atoms with E-state index in [-0.39, 0.29) is 30.0 Å². The third-order valence-corrected chi connectivity index (χ3v) is 4.79. The smallest absolute Gasteiger partial charge is 0.192 e. The molecule has 1 aromatic carbocycles. The normalized spacial score (nSPS) is 12.5. The molecule has 0 saturated heterocycles. The van der Waals surface area contributed by atoms with Crippen LogP contribution in [0.15, 0.2) is 29.3 Å². The summed E-state index contributed by atoms with van der Waals surface area (Å²) in [6, 6.07) is 8.65. The molecule has 0 aliphatic rings. The lowest BCUT2D eigenvalue weighted by Crippen LogP contribution is -2.38. The quantitative estimate of drug-likeness (QED) is 0.394. The Labute approximate surface area is 166 Å². The Hall–Kier alpha value is -1.15. The van der Waals surface area contributed by atoms with Crippen LogP contribution >= 0.6 is 35.3 Å². The molecular weight excluding hydrogens is 431 g/mol. The fourth-order valence-corrected chi connectivity index (χ4v) is 3.41. The van der Waals surface area contributed by atoms with E-state index in [4.69, 9.17) is 4.99 Å². The van der Waals surface area contributed by atoms with Gasteiger partial charge in [-0.3, -0.25) is 0 Å². The molecular formula is C18H27IN4S. The van der Waals surface area contributed by atoms with Crippen LogP contribution in [0.1, 0.15) is 46.6 Å². The van der Waals surface area contributed by atoms with Crippen LogP contribution in [0.3, 0.4) is 0 Å². The molecule has 1 aromatic heterocycles. The number of hydrogen-bond donors (Lipinski definition) is 2. The van der Waals surface area contributed by atoms with Crippen molar-refractivity contribution in [3.8, 4) is 0 Å². The van der Waals surface area contributed by atoms with Crippen molar-refractivity contribution in [1.82, 2.24) is 15.6 Å². The zero-order valence-electron chi connectivity index (χ0n) is 15.0. The fraction of sp³-hybridized carbons (Fsp3) is 0.444. The third-order valence-electron chi connectivity index (χ3n) is 3.73. The van der Waals surface area contributed by atoms with Crippen LogP contribution in [0, 0.1) is 20.8 Å². The van der Waals surface area contributed by atoms with E-state index in [0.717, 1.165) is 23.2 Å². The topological polar surface area (TPSA) is 49.3 Å². The molecule has 2 rings (SSSR count). The lowest BCUT2D eigenvalue weighted by Gasteiger charge is -2.19. The molecule has 132 valence electrons. The molecule has 0 fully saturated rings. The van der Waals surface area contributed by atoms with Crippen molar-refractivity contribution in [3.63, 3.8) is 0 Å². The zero-order valence-corrected chi connectivity index (χ0v) is 18.2. The lowest BCUT2D eigenvalue weighted by atomic mass is 10.0. The molecule has 0 radical (unpaired) electrons. The number of thiazole rings is 1. The molecule has 6 heteroatoms. The van der Waals surface area contributed by atoms with Gasteiger partial charge in [-0.25, -0.2) is 9.98 Å². The lowest BCUT2D eigenvalue weighted by molar-refractivity contribution is 0.682. The van der Waals surface area contributed by atoms with Gasteiger partial charge in [-0.2, -0.15) is 0 Å². The number of rotatable bonds is 5. The molecule has 0 amide bonds. The van der Waals surface area contributed by atoms with Gasteiger partial charge in [0.25, 0.3) is 0 Å². The summed E-state index contributed by atoms with van der Waals surface area (Å²) in [7, 11) is 0. The third kappa shape index (κ3) is 5.73. The molecule has 2 aromatic rings. The largest absolute Gasteiger partial charge is 0.357 e. The summed E-state index contributed by atoms with van der Waals surface area (Å²) in [5, 5.41) is 7.91. The second-order valence-electron chi connectivity index (χ2n) is 5.66. The average Bonchev–Trinajstić information content (AvgIpc) is 2.83. The highest BCUT2D eigenvalue weighted by Gasteiger charge is 2.10. The van der Waals surface area contributed by atoms with Gasteiger partial charge in [0, 0.05) is 11.4 Å². The van der Waals surface area contributed by atoms with E-state index in [1.54, 1.807) is 11.3 Å². The first kappa shape index (κ1) is 20.9. The Morgan fingerprint density at radius 2 is 1.96 bits per heavy atom. The average molecular weight is 458 g/mol. The highest BCUT2D eigenvalue weighted by atomic mass is 127. The van der Waals surface area contributed by atoms with Crippen LogP contribution in [0.2, 0.25) is 0 Å². The highest BCUT2D eigenvalue weighted by Crippen LogP contribution is 2.19. The number of aryl methyl sites for hydroxylation is 3. The van der Waals surface area contributed by atoms with Gasteiger partial charge in [-0.1, -0.05) is 24.3 Å². The van der Waals surface area contributed by atoms with Gasteiger partial charge in [0.15, 0.2) is 5.96 Å². The van der Waals surface area contributed by atoms with E-state index < -0.39 is 0 Å². The van der Waals surface area contributed by atoms with Crippen molar-refractivity contribution in [2.24, 2.45) is 4.99 Å². The van der Waals surface area contributed by atoms with Crippen LogP contribution < -0.4 is 10.6 Å². The van der Waals surface area contributed by atoms with E-state index in [9.17, 15) is 0 Å². The molecule has 0 aliphatic carbocycles. The minimum atomic E-state index is 0. The molecule has 0 bridgehead atoms. The Kier molecular flexibility index (Phi) is 8.69. The van der Waals surface area contributed by atoms with Crippen molar-refractivity contribution >= 4 is 41.3 Å². The summed E-state index contributed by atoms with van der Waals surface area (Å²) in [5.74, 6) is 0.841. The summed E-state index contributed by atoms with van der Waals surface area (Å²) in [4.78, 5) is 10.4. The number of nitrogens with zero attached hydrogens (tertiary/aromatic N) is 2. The summed E-state index contributed by atoms with van der Waals surface area (Å²) in [5.41, 5.74) is 3.67. The van der Waals surface area contributed by atoms with E-state index in [2.05, 4.69) is 60.7 Å². The molecule has 1 atom stereocenters. The maximum atomic E-state index is 4.72. The number of guanidine groups is 1. The standard InChI is InChI=1S/C18H26N4S.HI/c1-6-19-18(20-11-17-14(4)21-15(5)23-17)22-13(3)16-10-8-7-9-12(16)2;/h7-10,13H,6,11H2,1-5H3,(H2,19,20,22);1H. The number of aromatic nitrogens is 1. The predicted octanol–water partition coefficient (Wildman–Crippen LogP) is 4.50. The first-order valence-electron chi connectivity index (χ1n) is 8.04. The molecule has 0 saturated carbocycles. The van der Waals surface area contributed by atoms with Gasteiger partial charge in [0.2, 0.25) is 0 Å². The van der Waals surface area contributed by atoms with Crippen molar-refractivity contribution in [1.29, 1.82) is 0 Å². The maximum absolute atomic E-state index is 4.72. The van der Waals surface area contributed by atoms with Gasteiger partial charge >= 0.3 is 0 Å². The second-order valence-corrected chi connectivity index (χ2v) is 6.95. The van der Waals surface area contributed by atoms with Gasteiger partial charge < -0.3 is 10.6 Å². The van der Waals surface area contributed by atoms with Gasteiger partial charge in [-0.05, 0) is 45.7 Å². The first-order valence-corrected chi connectivity index (χ1v) is 8.86. The Morgan fingerprint density at radius 3 is 2.54 bits per heavy atom. The zero-order chi connectivity index (χ0) is 16.8. The summed E-state index contributed by atoms with van der Waals surface area (Å²) >= 11 is 1.72. The molecule has 1 unspecified atom stereocenters. The summed E-state index contributed by atoms with van der Waals surface area (Å²) < 4.78 is 0. The predicted molar refractivity (Wildman–Crippen MR) is 115 cm³/mol. The van der Waals surface area contributed by atoms with E-state index >= 15 is 0 Å². The number of benzene rings is 1. The molecule has 24 heavy (non-hydrogen) atoms. The Morgan fingerprint density at radius 1 is 1.25 bits per heavy atom. The molecule has 0 spiro atoms. The van der Waals surface area contributed by atoms with Crippen LogP contribution in [0.4, 0.5) is 0 Å². The highest BCUT2D eigenvalue weighted by molar-refractivity contribution is 14.0. The summed E-state index contributed by atoms with van der Waals surface area (Å²) in [6.07, 6.45) is 0. The minimum absolute atomic E-state index is 0. The monoisotopic (exact) mass is 458 g/mol. The number of halogens is 1. The van der Waals surface area contributed by atoms with Crippen molar-refractivity contribution in [2.45, 2.75) is 47.2 Å². The van der Waals surface area contributed by atoms with Crippen LogP contribution in [-0.4, -0.2) is 17.5 Å². The minimum Gasteiger partial charge on any atom is -0.357 e. The van der Waals surface area contributed by atoms with Crippen LogP contribution in [-0.2, 0) is 6.54 Å². The van der Waals surface area contributed by atoms with Gasteiger partial charge in [0.05, 0.1) is 23.3 Å². The molecule has 0 aliphatic heterocycles. The van der Waals surface area contributed by atoms with E-state index in [1.165, 1.54) is 16.0 Å². The summed E-state index contributed by atoms with van der Waals surface area (Å²) in [6.45, 7) is 12.0. The number of aliphatic imine (C=N–C) groups is 1. The first-order chi connectivity index (χ1) is 11.0. The van der Waals surface area contributed by atoms with Crippen molar-refractivity contribution in [2.75, 3.05) is 6.54 Å². The van der Waals surface area contributed by atoms with Crippen LogP contribution in [0.25, 0.3) is 0 Å². The second kappa shape index (κ2) is 9.98. The van der Waals surface area contributed by atoms with E-state index in [0.29, 0.717) is 6.54 Å². The van der Waals surface area contributed by atoms with Gasteiger partial charge in [0.1, 0.15) is 0 Å². The van der Waals surface area contributed by atoms with Gasteiger partial charge in [-0.15, -0.1) is 35.3 Å². The van der Waals surface area contributed by atoms with Crippen molar-refractivity contribution in [3.05, 3.63) is 51.0 Å². The van der Waals surface area contributed by atoms with E-state index in [1.807, 2.05) is 13.8 Å².